The molecule has 1 N–H and O–H groups in total. The molecule has 1 aromatic rings. The first kappa shape index (κ1) is 16.1. The van der Waals surface area contributed by atoms with Gasteiger partial charge >= 0.3 is 5.97 Å². The maximum absolute atomic E-state index is 10.7. The molecule has 0 bridgehead atoms. The third-order valence-electron chi connectivity index (χ3n) is 2.84. The van der Waals surface area contributed by atoms with Crippen LogP contribution in [0.25, 0.3) is 0 Å². The number of hydrogen-bond acceptors (Lipinski definition) is 2. The van der Waals surface area contributed by atoms with Crippen LogP contribution in [0.4, 0.5) is 5.69 Å². The average Bonchev–Trinajstić information content (AvgIpc) is 2.32. The van der Waals surface area contributed by atoms with Crippen molar-refractivity contribution < 1.29 is 9.90 Å². The molecule has 1 rings (SSSR count). The van der Waals surface area contributed by atoms with E-state index in [1.54, 1.807) is 12.1 Å². The van der Waals surface area contributed by atoms with Crippen LogP contribution in [-0.2, 0) is 4.79 Å². The fourth-order valence-electron chi connectivity index (χ4n) is 1.70. The number of carboxylic acids is 1. The van der Waals surface area contributed by atoms with Crippen molar-refractivity contribution in [3.8, 4) is 0 Å². The molecule has 0 aliphatic heterocycles. The average molecular weight is 304 g/mol. The number of anilines is 1. The van der Waals surface area contributed by atoms with Crippen LogP contribution in [0, 0.1) is 5.92 Å². The normalized spacial score (nSPS) is 10.8. The molecule has 106 valence electrons. The first-order valence-electron chi connectivity index (χ1n) is 6.32. The van der Waals surface area contributed by atoms with Gasteiger partial charge in [0.2, 0.25) is 0 Å². The van der Waals surface area contributed by atoms with Gasteiger partial charge in [-0.1, -0.05) is 37.0 Å². The monoisotopic (exact) mass is 303 g/mol. The van der Waals surface area contributed by atoms with E-state index in [2.05, 4.69) is 13.8 Å². The number of hydrogen-bond donors (Lipinski definition) is 1. The summed E-state index contributed by atoms with van der Waals surface area (Å²) in [5.41, 5.74) is 0.913. The van der Waals surface area contributed by atoms with Crippen molar-refractivity contribution in [3.63, 3.8) is 0 Å². The van der Waals surface area contributed by atoms with Gasteiger partial charge in [0.15, 0.2) is 0 Å². The van der Waals surface area contributed by atoms with Crippen LogP contribution in [0.2, 0.25) is 10.0 Å². The lowest BCUT2D eigenvalue weighted by Gasteiger charge is -2.25. The molecular formula is C14H19Cl2NO2. The second-order valence-corrected chi connectivity index (χ2v) is 5.73. The predicted molar refractivity (Wildman–Crippen MR) is 80.4 cm³/mol. The Balaban J connectivity index is 2.80. The van der Waals surface area contributed by atoms with Crippen LogP contribution < -0.4 is 4.90 Å². The summed E-state index contributed by atoms with van der Waals surface area (Å²) in [4.78, 5) is 12.8. The van der Waals surface area contributed by atoms with Crippen LogP contribution in [0.5, 0.6) is 0 Å². The summed E-state index contributed by atoms with van der Waals surface area (Å²) in [5.74, 6) is -0.232. The number of carboxylic acid groups (broad SMARTS) is 1. The van der Waals surface area contributed by atoms with Gasteiger partial charge < -0.3 is 10.0 Å². The molecule has 0 aromatic heterocycles. The van der Waals surface area contributed by atoms with Gasteiger partial charge in [0, 0.05) is 18.8 Å². The Labute approximate surface area is 124 Å². The van der Waals surface area contributed by atoms with E-state index in [4.69, 9.17) is 28.3 Å². The molecule has 1 aromatic carbocycles. The van der Waals surface area contributed by atoms with E-state index >= 15 is 0 Å². The molecule has 0 atom stereocenters. The Hall–Kier alpha value is -0.930. The number of aliphatic carboxylic acids is 1. The van der Waals surface area contributed by atoms with Crippen molar-refractivity contribution in [2.24, 2.45) is 5.92 Å². The Morgan fingerprint density at radius 3 is 2.47 bits per heavy atom. The molecule has 3 nitrogen and oxygen atoms in total. The minimum atomic E-state index is -0.797. The maximum Gasteiger partial charge on any atom is 0.305 e. The summed E-state index contributed by atoms with van der Waals surface area (Å²) in [6.07, 6.45) is 1.11. The number of halogens is 2. The molecular weight excluding hydrogens is 285 g/mol. The summed E-state index contributed by atoms with van der Waals surface area (Å²) in [6, 6.07) is 5.39. The van der Waals surface area contributed by atoms with E-state index in [1.165, 1.54) is 0 Å². The first-order chi connectivity index (χ1) is 8.90. The SMILES string of the molecule is CC(C)CCN(CCC(=O)O)c1ccc(Cl)c(Cl)c1. The lowest BCUT2D eigenvalue weighted by molar-refractivity contribution is -0.136. The van der Waals surface area contributed by atoms with E-state index < -0.39 is 5.97 Å². The lowest BCUT2D eigenvalue weighted by atomic mass is 10.1. The fourth-order valence-corrected chi connectivity index (χ4v) is 1.99. The summed E-state index contributed by atoms with van der Waals surface area (Å²) in [7, 11) is 0. The second-order valence-electron chi connectivity index (χ2n) is 4.91. The minimum absolute atomic E-state index is 0.109. The Morgan fingerprint density at radius 2 is 1.95 bits per heavy atom. The Bertz CT molecular complexity index is 435. The van der Waals surface area contributed by atoms with E-state index in [0.29, 0.717) is 22.5 Å². The van der Waals surface area contributed by atoms with Crippen LogP contribution in [0.1, 0.15) is 26.7 Å². The number of benzene rings is 1. The predicted octanol–water partition coefficient (Wildman–Crippen LogP) is 4.32. The summed E-state index contributed by atoms with van der Waals surface area (Å²) in [6.45, 7) is 5.57. The van der Waals surface area contributed by atoms with Crippen molar-refractivity contribution in [2.75, 3.05) is 18.0 Å². The molecule has 0 heterocycles. The molecule has 19 heavy (non-hydrogen) atoms. The molecule has 0 fully saturated rings. The second kappa shape index (κ2) is 7.61. The zero-order chi connectivity index (χ0) is 14.4. The standard InChI is InChI=1S/C14H19Cl2NO2/c1-10(2)5-7-17(8-6-14(18)19)11-3-4-12(15)13(16)9-11/h3-4,9-10H,5-8H2,1-2H3,(H,18,19). The molecule has 5 heteroatoms. The highest BCUT2D eigenvalue weighted by atomic mass is 35.5. The fraction of sp³-hybridized carbons (Fsp3) is 0.500. The molecule has 0 spiro atoms. The molecule has 0 saturated carbocycles. The molecule has 0 radical (unpaired) electrons. The molecule has 0 amide bonds. The topological polar surface area (TPSA) is 40.5 Å². The molecule has 0 saturated heterocycles. The minimum Gasteiger partial charge on any atom is -0.481 e. The summed E-state index contributed by atoms with van der Waals surface area (Å²) in [5, 5.41) is 9.81. The quantitative estimate of drug-likeness (QED) is 0.815. The van der Waals surface area contributed by atoms with Gasteiger partial charge in [-0.25, -0.2) is 0 Å². The van der Waals surface area contributed by atoms with Crippen LogP contribution >= 0.6 is 23.2 Å². The third kappa shape index (κ3) is 5.70. The van der Waals surface area contributed by atoms with Crippen LogP contribution in [-0.4, -0.2) is 24.2 Å². The zero-order valence-corrected chi connectivity index (χ0v) is 12.7. The first-order valence-corrected chi connectivity index (χ1v) is 7.07. The van der Waals surface area contributed by atoms with Crippen LogP contribution in [0.15, 0.2) is 18.2 Å². The van der Waals surface area contributed by atoms with Crippen LogP contribution in [0.3, 0.4) is 0 Å². The van der Waals surface area contributed by atoms with Gasteiger partial charge in [-0.2, -0.15) is 0 Å². The van der Waals surface area contributed by atoms with Gasteiger partial charge in [0.1, 0.15) is 0 Å². The van der Waals surface area contributed by atoms with Gasteiger partial charge in [-0.15, -0.1) is 0 Å². The maximum atomic E-state index is 10.7. The summed E-state index contributed by atoms with van der Waals surface area (Å²) < 4.78 is 0. The summed E-state index contributed by atoms with van der Waals surface area (Å²) >= 11 is 11.9. The van der Waals surface area contributed by atoms with Crippen molar-refractivity contribution in [1.29, 1.82) is 0 Å². The van der Waals surface area contributed by atoms with E-state index in [1.807, 2.05) is 11.0 Å². The Morgan fingerprint density at radius 1 is 1.26 bits per heavy atom. The zero-order valence-electron chi connectivity index (χ0n) is 11.2. The van der Waals surface area contributed by atoms with Crippen molar-refractivity contribution in [2.45, 2.75) is 26.7 Å². The van der Waals surface area contributed by atoms with Crippen molar-refractivity contribution in [1.82, 2.24) is 0 Å². The number of rotatable bonds is 7. The molecule has 0 unspecified atom stereocenters. The van der Waals surface area contributed by atoms with E-state index in [-0.39, 0.29) is 6.42 Å². The van der Waals surface area contributed by atoms with Gasteiger partial charge in [0.05, 0.1) is 16.5 Å². The largest absolute Gasteiger partial charge is 0.481 e. The third-order valence-corrected chi connectivity index (χ3v) is 3.58. The molecule has 0 aliphatic carbocycles. The highest BCUT2D eigenvalue weighted by molar-refractivity contribution is 6.42. The molecule has 0 aliphatic rings. The Kier molecular flexibility index (Phi) is 6.46. The van der Waals surface area contributed by atoms with Crippen molar-refractivity contribution >= 4 is 34.9 Å². The highest BCUT2D eigenvalue weighted by Crippen LogP contribution is 2.27. The lowest BCUT2D eigenvalue weighted by Crippen LogP contribution is -2.28. The number of carbonyl (C=O) groups is 1. The smallest absolute Gasteiger partial charge is 0.305 e. The van der Waals surface area contributed by atoms with E-state index in [9.17, 15) is 4.79 Å². The van der Waals surface area contributed by atoms with Gasteiger partial charge in [-0.3, -0.25) is 4.79 Å². The van der Waals surface area contributed by atoms with Gasteiger partial charge in [-0.05, 0) is 30.5 Å². The number of nitrogens with zero attached hydrogens (tertiary/aromatic N) is 1. The van der Waals surface area contributed by atoms with Crippen molar-refractivity contribution in [3.05, 3.63) is 28.2 Å². The van der Waals surface area contributed by atoms with Gasteiger partial charge in [0.25, 0.3) is 0 Å². The highest BCUT2D eigenvalue weighted by Gasteiger charge is 2.11. The van der Waals surface area contributed by atoms with E-state index in [0.717, 1.165) is 18.7 Å².